The standard InChI is InChI=1S/C9H13F6NO3S/c10-8(11,12)7(9(13,14)15)19-3-2-16-6-1-4-20(17,18)5-6/h6-7,16H,1-5H2. The number of ether oxygens (including phenoxy) is 1. The lowest BCUT2D eigenvalue weighted by Crippen LogP contribution is -2.45. The zero-order valence-corrected chi connectivity index (χ0v) is 10.9. The van der Waals surface area contributed by atoms with E-state index in [1.807, 2.05) is 0 Å². The zero-order chi connectivity index (χ0) is 15.6. The number of nitrogens with one attached hydrogen (secondary N) is 1. The van der Waals surface area contributed by atoms with Gasteiger partial charge < -0.3 is 10.1 Å². The summed E-state index contributed by atoms with van der Waals surface area (Å²) in [7, 11) is -3.16. The maximum Gasteiger partial charge on any atom is 0.423 e. The van der Waals surface area contributed by atoms with Gasteiger partial charge in [0.2, 0.25) is 6.10 Å². The smallest absolute Gasteiger partial charge is 0.360 e. The number of hydrogen-bond donors (Lipinski definition) is 1. The first-order chi connectivity index (χ1) is 8.92. The molecular weight excluding hydrogens is 316 g/mol. The van der Waals surface area contributed by atoms with Crippen molar-refractivity contribution < 1.29 is 39.5 Å². The second kappa shape index (κ2) is 6.06. The molecule has 0 radical (unpaired) electrons. The molecule has 0 aromatic carbocycles. The molecule has 4 nitrogen and oxygen atoms in total. The van der Waals surface area contributed by atoms with Crippen LogP contribution >= 0.6 is 0 Å². The Kier molecular flexibility index (Phi) is 5.30. The zero-order valence-electron chi connectivity index (χ0n) is 10.1. The van der Waals surface area contributed by atoms with Gasteiger partial charge in [0.15, 0.2) is 9.84 Å². The van der Waals surface area contributed by atoms with E-state index in [1.165, 1.54) is 0 Å². The Balaban J connectivity index is 2.36. The minimum absolute atomic E-state index is 0.0424. The van der Waals surface area contributed by atoms with E-state index in [0.717, 1.165) is 0 Å². The number of alkyl halides is 6. The largest absolute Gasteiger partial charge is 0.423 e. The minimum atomic E-state index is -5.53. The fourth-order valence-electron chi connectivity index (χ4n) is 1.77. The average Bonchev–Trinajstić information content (AvgIpc) is 2.53. The molecule has 1 heterocycles. The lowest BCUT2D eigenvalue weighted by molar-refractivity contribution is -0.321. The molecule has 11 heteroatoms. The van der Waals surface area contributed by atoms with Crippen LogP contribution in [0.3, 0.4) is 0 Å². The molecule has 0 aromatic rings. The van der Waals surface area contributed by atoms with Crippen molar-refractivity contribution in [3.05, 3.63) is 0 Å². The Morgan fingerprint density at radius 2 is 1.70 bits per heavy atom. The van der Waals surface area contributed by atoms with Crippen molar-refractivity contribution in [2.24, 2.45) is 0 Å². The van der Waals surface area contributed by atoms with Crippen LogP contribution in [-0.2, 0) is 14.6 Å². The monoisotopic (exact) mass is 329 g/mol. The Hall–Kier alpha value is -0.550. The summed E-state index contributed by atoms with van der Waals surface area (Å²) in [6.07, 6.45) is -14.6. The Labute approximate surface area is 111 Å². The van der Waals surface area contributed by atoms with Gasteiger partial charge in [0.25, 0.3) is 0 Å². The molecule has 1 aliphatic rings. The van der Waals surface area contributed by atoms with E-state index in [2.05, 4.69) is 10.1 Å². The first kappa shape index (κ1) is 17.5. The summed E-state index contributed by atoms with van der Waals surface area (Å²) >= 11 is 0. The average molecular weight is 329 g/mol. The highest BCUT2D eigenvalue weighted by molar-refractivity contribution is 7.91. The van der Waals surface area contributed by atoms with E-state index in [-0.39, 0.29) is 24.5 Å². The van der Waals surface area contributed by atoms with Gasteiger partial charge in [-0.25, -0.2) is 8.42 Å². The molecule has 0 bridgehead atoms. The lowest BCUT2D eigenvalue weighted by atomic mass is 10.3. The van der Waals surface area contributed by atoms with Crippen molar-refractivity contribution in [1.82, 2.24) is 5.32 Å². The molecule has 0 saturated carbocycles. The highest BCUT2D eigenvalue weighted by atomic mass is 32.2. The summed E-state index contributed by atoms with van der Waals surface area (Å²) in [6, 6.07) is -0.459. The molecule has 120 valence electrons. The third-order valence-corrected chi connectivity index (χ3v) is 4.41. The van der Waals surface area contributed by atoms with Gasteiger partial charge >= 0.3 is 12.4 Å². The fourth-order valence-corrected chi connectivity index (χ4v) is 3.48. The predicted molar refractivity (Wildman–Crippen MR) is 56.9 cm³/mol. The van der Waals surface area contributed by atoms with Crippen molar-refractivity contribution in [2.45, 2.75) is 30.9 Å². The molecule has 1 aliphatic heterocycles. The number of halogens is 6. The maximum atomic E-state index is 12.1. The second-order valence-corrected chi connectivity index (χ2v) is 6.62. The number of rotatable bonds is 5. The van der Waals surface area contributed by atoms with Crippen LogP contribution in [0.2, 0.25) is 0 Å². The van der Waals surface area contributed by atoms with Gasteiger partial charge in [-0.15, -0.1) is 0 Å². The summed E-state index contributed by atoms with van der Waals surface area (Å²) in [5, 5.41) is 2.56. The van der Waals surface area contributed by atoms with Crippen LogP contribution < -0.4 is 5.32 Å². The van der Waals surface area contributed by atoms with E-state index in [1.54, 1.807) is 0 Å². The van der Waals surface area contributed by atoms with Gasteiger partial charge in [0.1, 0.15) is 0 Å². The van der Waals surface area contributed by atoms with Gasteiger partial charge in [-0.3, -0.25) is 0 Å². The van der Waals surface area contributed by atoms with E-state index >= 15 is 0 Å². The quantitative estimate of drug-likeness (QED) is 0.610. The summed E-state index contributed by atoms with van der Waals surface area (Å²) in [4.78, 5) is 0. The van der Waals surface area contributed by atoms with Crippen molar-refractivity contribution >= 4 is 9.84 Å². The molecular formula is C9H13F6NO3S. The van der Waals surface area contributed by atoms with Gasteiger partial charge in [0, 0.05) is 12.6 Å². The molecule has 1 saturated heterocycles. The molecule has 0 spiro atoms. The SMILES string of the molecule is O=S1(=O)CCC(NCCOC(C(F)(F)F)C(F)(F)F)C1. The minimum Gasteiger partial charge on any atom is -0.360 e. The van der Waals surface area contributed by atoms with E-state index in [4.69, 9.17) is 0 Å². The predicted octanol–water partition coefficient (Wildman–Crippen LogP) is 1.27. The van der Waals surface area contributed by atoms with Crippen LogP contribution in [0.5, 0.6) is 0 Å². The van der Waals surface area contributed by atoms with Crippen LogP contribution in [0, 0.1) is 0 Å². The van der Waals surface area contributed by atoms with Crippen LogP contribution in [0.1, 0.15) is 6.42 Å². The van der Waals surface area contributed by atoms with Crippen molar-refractivity contribution in [3.8, 4) is 0 Å². The maximum absolute atomic E-state index is 12.1. The molecule has 1 fully saturated rings. The van der Waals surface area contributed by atoms with Crippen LogP contribution in [0.25, 0.3) is 0 Å². The first-order valence-electron chi connectivity index (χ1n) is 5.61. The molecule has 1 unspecified atom stereocenters. The molecule has 1 atom stereocenters. The lowest BCUT2D eigenvalue weighted by Gasteiger charge is -2.23. The highest BCUT2D eigenvalue weighted by Gasteiger charge is 2.57. The molecule has 0 amide bonds. The number of sulfone groups is 1. The van der Waals surface area contributed by atoms with Gasteiger partial charge in [-0.2, -0.15) is 26.3 Å². The Morgan fingerprint density at radius 3 is 2.10 bits per heavy atom. The molecule has 20 heavy (non-hydrogen) atoms. The van der Waals surface area contributed by atoms with Gasteiger partial charge in [-0.05, 0) is 6.42 Å². The fraction of sp³-hybridized carbons (Fsp3) is 1.00. The topological polar surface area (TPSA) is 55.4 Å². The summed E-state index contributed by atoms with van der Waals surface area (Å²) in [6.45, 7) is -1.11. The number of hydrogen-bond acceptors (Lipinski definition) is 4. The third-order valence-electron chi connectivity index (χ3n) is 2.65. The normalized spacial score (nSPS) is 23.4. The van der Waals surface area contributed by atoms with Gasteiger partial charge in [-0.1, -0.05) is 0 Å². The Bertz CT molecular complexity index is 404. The van der Waals surface area contributed by atoms with Crippen molar-refractivity contribution in [1.29, 1.82) is 0 Å². The Morgan fingerprint density at radius 1 is 1.15 bits per heavy atom. The van der Waals surface area contributed by atoms with Crippen LogP contribution in [-0.4, -0.2) is 57.6 Å². The third kappa shape index (κ3) is 5.44. The van der Waals surface area contributed by atoms with Crippen molar-refractivity contribution in [2.75, 3.05) is 24.7 Å². The van der Waals surface area contributed by atoms with Gasteiger partial charge in [0.05, 0.1) is 18.1 Å². The summed E-state index contributed by atoms with van der Waals surface area (Å²) in [5.41, 5.74) is 0. The second-order valence-electron chi connectivity index (χ2n) is 4.39. The van der Waals surface area contributed by atoms with E-state index in [9.17, 15) is 34.8 Å². The van der Waals surface area contributed by atoms with E-state index < -0.39 is 40.9 Å². The van der Waals surface area contributed by atoms with Crippen molar-refractivity contribution in [3.63, 3.8) is 0 Å². The molecule has 0 aromatic heterocycles. The molecule has 1 rings (SSSR count). The first-order valence-corrected chi connectivity index (χ1v) is 7.43. The summed E-state index contributed by atoms with van der Waals surface area (Å²) < 4.78 is 98.6. The summed E-state index contributed by atoms with van der Waals surface area (Å²) in [5.74, 6) is -0.214. The highest BCUT2D eigenvalue weighted by Crippen LogP contribution is 2.35. The molecule has 1 N–H and O–H groups in total. The van der Waals surface area contributed by atoms with Crippen LogP contribution in [0.15, 0.2) is 0 Å². The van der Waals surface area contributed by atoms with Crippen LogP contribution in [0.4, 0.5) is 26.3 Å². The molecule has 0 aliphatic carbocycles. The van der Waals surface area contributed by atoms with E-state index in [0.29, 0.717) is 0 Å².